The van der Waals surface area contributed by atoms with E-state index >= 15 is 0 Å². The topological polar surface area (TPSA) is 73.2 Å². The van der Waals surface area contributed by atoms with Crippen molar-refractivity contribution in [3.63, 3.8) is 0 Å². The van der Waals surface area contributed by atoms with Crippen molar-refractivity contribution in [2.45, 2.75) is 19.4 Å². The summed E-state index contributed by atoms with van der Waals surface area (Å²) in [4.78, 5) is 23.5. The van der Waals surface area contributed by atoms with E-state index in [1.807, 2.05) is 0 Å². The molecule has 1 atom stereocenters. The van der Waals surface area contributed by atoms with Gasteiger partial charge in [0.05, 0.1) is 6.07 Å². The Morgan fingerprint density at radius 1 is 1.54 bits per heavy atom. The van der Waals surface area contributed by atoms with Crippen LogP contribution in [0.4, 0.5) is 0 Å². The normalized spacial score (nSPS) is 11.2. The van der Waals surface area contributed by atoms with E-state index < -0.39 is 11.9 Å². The predicted octanol–water partition coefficient (Wildman–Crippen LogP) is -0.507. The molecule has 1 unspecified atom stereocenters. The average Bonchev–Trinajstić information content (AvgIpc) is 2.03. The molecule has 1 N–H and O–H groups in total. The molecule has 0 aromatic carbocycles. The highest BCUT2D eigenvalue weighted by molar-refractivity contribution is 5.87. The Balaban J connectivity index is 4.01. The zero-order valence-electron chi connectivity index (χ0n) is 8.00. The molecule has 0 saturated heterocycles. The summed E-state index contributed by atoms with van der Waals surface area (Å²) in [5.74, 6) is -0.614. The molecule has 0 heterocycles. The Morgan fingerprint density at radius 2 is 2.08 bits per heavy atom. The molecule has 5 nitrogen and oxygen atoms in total. The van der Waals surface area contributed by atoms with Gasteiger partial charge in [0.15, 0.2) is 0 Å². The summed E-state index contributed by atoms with van der Waals surface area (Å²) in [6.07, 6.45) is -0.217. The lowest BCUT2D eigenvalue weighted by Gasteiger charge is -2.17. The van der Waals surface area contributed by atoms with Gasteiger partial charge in [-0.3, -0.25) is 9.59 Å². The van der Waals surface area contributed by atoms with E-state index in [1.165, 1.54) is 4.90 Å². The van der Waals surface area contributed by atoms with Crippen LogP contribution >= 0.6 is 0 Å². The lowest BCUT2D eigenvalue weighted by Crippen LogP contribution is -2.44. The average molecular weight is 183 g/mol. The van der Waals surface area contributed by atoms with E-state index in [4.69, 9.17) is 5.26 Å². The molecule has 0 saturated carbocycles. The Morgan fingerprint density at radius 3 is 2.46 bits per heavy atom. The summed E-state index contributed by atoms with van der Waals surface area (Å²) >= 11 is 0. The van der Waals surface area contributed by atoms with Crippen LogP contribution in [0.15, 0.2) is 0 Å². The fourth-order valence-corrected chi connectivity index (χ4v) is 0.813. The number of amides is 2. The molecule has 0 radical (unpaired) electrons. The molecule has 5 heteroatoms. The quantitative estimate of drug-likeness (QED) is 0.640. The molecular formula is C8H13N3O2. The number of carbonyl (C=O) groups excluding carboxylic acids is 2. The Bertz CT molecular complexity index is 242. The van der Waals surface area contributed by atoms with Gasteiger partial charge in [-0.25, -0.2) is 0 Å². The summed E-state index contributed by atoms with van der Waals surface area (Å²) in [5, 5.41) is 10.6. The third kappa shape index (κ3) is 4.11. The van der Waals surface area contributed by atoms with E-state index in [2.05, 4.69) is 5.32 Å². The van der Waals surface area contributed by atoms with Gasteiger partial charge in [0.25, 0.3) is 0 Å². The SMILES string of the molecule is CC(NC(=O)CC#N)C(=O)N(C)C. The zero-order chi connectivity index (χ0) is 10.4. The monoisotopic (exact) mass is 183 g/mol. The van der Waals surface area contributed by atoms with Crippen LogP contribution in [0.5, 0.6) is 0 Å². The largest absolute Gasteiger partial charge is 0.347 e. The number of nitrogens with one attached hydrogen (secondary N) is 1. The maximum absolute atomic E-state index is 11.2. The van der Waals surface area contributed by atoms with E-state index in [1.54, 1.807) is 27.1 Å². The first-order valence-corrected chi connectivity index (χ1v) is 3.86. The summed E-state index contributed by atoms with van der Waals surface area (Å²) in [6, 6.07) is 1.13. The molecule has 2 amide bonds. The number of hydrogen-bond acceptors (Lipinski definition) is 3. The molecular weight excluding hydrogens is 170 g/mol. The Labute approximate surface area is 77.3 Å². The van der Waals surface area contributed by atoms with Crippen molar-refractivity contribution in [2.24, 2.45) is 0 Å². The molecule has 0 spiro atoms. The van der Waals surface area contributed by atoms with Gasteiger partial charge in [0.1, 0.15) is 12.5 Å². The molecule has 13 heavy (non-hydrogen) atoms. The van der Waals surface area contributed by atoms with Gasteiger partial charge in [-0.1, -0.05) is 0 Å². The van der Waals surface area contributed by atoms with Crippen LogP contribution in [0.3, 0.4) is 0 Å². The van der Waals surface area contributed by atoms with Gasteiger partial charge in [-0.05, 0) is 6.92 Å². The molecule has 0 bridgehead atoms. The minimum absolute atomic E-state index is 0.189. The third-order valence-electron chi connectivity index (χ3n) is 1.43. The highest BCUT2D eigenvalue weighted by Gasteiger charge is 2.16. The van der Waals surface area contributed by atoms with Gasteiger partial charge in [0.2, 0.25) is 11.8 Å². The van der Waals surface area contributed by atoms with Crippen molar-refractivity contribution in [3.8, 4) is 6.07 Å². The van der Waals surface area contributed by atoms with E-state index in [0.717, 1.165) is 0 Å². The Hall–Kier alpha value is -1.57. The lowest BCUT2D eigenvalue weighted by molar-refractivity contribution is -0.133. The smallest absolute Gasteiger partial charge is 0.244 e. The molecule has 0 aromatic rings. The second-order valence-corrected chi connectivity index (χ2v) is 2.86. The standard InChI is InChI=1S/C8H13N3O2/c1-6(8(13)11(2)3)10-7(12)4-5-9/h6H,4H2,1-3H3,(H,10,12). The first-order chi connectivity index (χ1) is 5.99. The Kier molecular flexibility index (Phi) is 4.52. The van der Waals surface area contributed by atoms with Gasteiger partial charge in [-0.2, -0.15) is 5.26 Å². The van der Waals surface area contributed by atoms with Crippen molar-refractivity contribution in [1.29, 1.82) is 5.26 Å². The number of hydrogen-bond donors (Lipinski definition) is 1. The highest BCUT2D eigenvalue weighted by atomic mass is 16.2. The van der Waals surface area contributed by atoms with Crippen molar-refractivity contribution in [3.05, 3.63) is 0 Å². The number of nitrogens with zero attached hydrogens (tertiary/aromatic N) is 2. The molecule has 0 aliphatic carbocycles. The number of rotatable bonds is 3. The lowest BCUT2D eigenvalue weighted by atomic mass is 10.3. The molecule has 0 fully saturated rings. The molecule has 0 rings (SSSR count). The van der Waals surface area contributed by atoms with Gasteiger partial charge < -0.3 is 10.2 Å². The van der Waals surface area contributed by atoms with Gasteiger partial charge >= 0.3 is 0 Å². The van der Waals surface area contributed by atoms with Crippen LogP contribution in [0.1, 0.15) is 13.3 Å². The third-order valence-corrected chi connectivity index (χ3v) is 1.43. The van der Waals surface area contributed by atoms with Crippen molar-refractivity contribution in [1.82, 2.24) is 10.2 Å². The van der Waals surface area contributed by atoms with Gasteiger partial charge in [-0.15, -0.1) is 0 Å². The van der Waals surface area contributed by atoms with Crippen LogP contribution in [0.2, 0.25) is 0 Å². The van der Waals surface area contributed by atoms with Crippen LogP contribution in [0.25, 0.3) is 0 Å². The predicted molar refractivity (Wildman–Crippen MR) is 46.5 cm³/mol. The minimum atomic E-state index is -0.573. The molecule has 72 valence electrons. The van der Waals surface area contributed by atoms with E-state index in [-0.39, 0.29) is 12.3 Å². The molecule has 0 aliphatic rings. The second kappa shape index (κ2) is 5.14. The molecule has 0 aromatic heterocycles. The fourth-order valence-electron chi connectivity index (χ4n) is 0.813. The maximum atomic E-state index is 11.2. The number of nitriles is 1. The molecule has 0 aliphatic heterocycles. The van der Waals surface area contributed by atoms with Crippen LogP contribution in [0, 0.1) is 11.3 Å². The van der Waals surface area contributed by atoms with E-state index in [0.29, 0.717) is 0 Å². The van der Waals surface area contributed by atoms with Crippen molar-refractivity contribution < 1.29 is 9.59 Å². The second-order valence-electron chi connectivity index (χ2n) is 2.86. The number of carbonyl (C=O) groups is 2. The van der Waals surface area contributed by atoms with Gasteiger partial charge in [0, 0.05) is 14.1 Å². The fraction of sp³-hybridized carbons (Fsp3) is 0.625. The van der Waals surface area contributed by atoms with Crippen LogP contribution in [-0.4, -0.2) is 36.9 Å². The minimum Gasteiger partial charge on any atom is -0.347 e. The van der Waals surface area contributed by atoms with E-state index in [9.17, 15) is 9.59 Å². The van der Waals surface area contributed by atoms with Crippen molar-refractivity contribution in [2.75, 3.05) is 14.1 Å². The van der Waals surface area contributed by atoms with Crippen LogP contribution < -0.4 is 5.32 Å². The first kappa shape index (κ1) is 11.4. The summed E-state index contributed by atoms with van der Waals surface area (Å²) in [6.45, 7) is 1.58. The van der Waals surface area contributed by atoms with Crippen molar-refractivity contribution >= 4 is 11.8 Å². The summed E-state index contributed by atoms with van der Waals surface area (Å²) in [7, 11) is 3.21. The maximum Gasteiger partial charge on any atom is 0.244 e. The zero-order valence-corrected chi connectivity index (χ0v) is 8.00. The first-order valence-electron chi connectivity index (χ1n) is 3.86. The number of likely N-dealkylation sites (N-methyl/N-ethyl adjacent to an activating group) is 1. The summed E-state index contributed by atoms with van der Waals surface area (Å²) in [5.41, 5.74) is 0. The highest BCUT2D eigenvalue weighted by Crippen LogP contribution is 1.89. The summed E-state index contributed by atoms with van der Waals surface area (Å²) < 4.78 is 0. The van der Waals surface area contributed by atoms with Crippen LogP contribution in [-0.2, 0) is 9.59 Å².